The first-order valence-electron chi connectivity index (χ1n) is 6.64. The number of carboxylic acid groups (broad SMARTS) is 1. The number of ether oxygens (including phenoxy) is 1. The molecule has 4 nitrogen and oxygen atoms in total. The number of benzene rings is 1. The standard InChI is InChI=1S/C15H17FO4/c16-15(14(18)19)8-6-12(7-9-15)13(17)20-10-11-4-2-1-3-5-11/h1-5,12H,6-10H2,(H,18,19). The number of halogens is 1. The lowest BCUT2D eigenvalue weighted by molar-refractivity contribution is -0.159. The van der Waals surface area contributed by atoms with Gasteiger partial charge in [-0.1, -0.05) is 30.3 Å². The number of alkyl halides is 1. The maximum Gasteiger partial charge on any atom is 0.341 e. The summed E-state index contributed by atoms with van der Waals surface area (Å²) in [4.78, 5) is 22.6. The highest BCUT2D eigenvalue weighted by Gasteiger charge is 2.44. The van der Waals surface area contributed by atoms with Gasteiger partial charge in [-0.15, -0.1) is 0 Å². The van der Waals surface area contributed by atoms with Crippen LogP contribution in [0.3, 0.4) is 0 Å². The van der Waals surface area contributed by atoms with Crippen molar-refractivity contribution in [1.82, 2.24) is 0 Å². The molecule has 1 fully saturated rings. The third kappa shape index (κ3) is 3.35. The average molecular weight is 280 g/mol. The van der Waals surface area contributed by atoms with Crippen molar-refractivity contribution in [2.45, 2.75) is 38.0 Å². The zero-order chi connectivity index (χ0) is 14.6. The van der Waals surface area contributed by atoms with Crippen LogP contribution in [0.2, 0.25) is 0 Å². The number of hydrogen-bond donors (Lipinski definition) is 1. The number of rotatable bonds is 4. The van der Waals surface area contributed by atoms with Gasteiger partial charge in [-0.25, -0.2) is 9.18 Å². The number of esters is 1. The molecule has 0 heterocycles. The maximum absolute atomic E-state index is 13.8. The molecule has 1 aromatic carbocycles. The number of carboxylic acids is 1. The Kier molecular flexibility index (Phi) is 4.37. The van der Waals surface area contributed by atoms with E-state index in [9.17, 15) is 14.0 Å². The fourth-order valence-electron chi connectivity index (χ4n) is 2.37. The minimum Gasteiger partial charge on any atom is -0.479 e. The van der Waals surface area contributed by atoms with Crippen LogP contribution in [0.1, 0.15) is 31.2 Å². The van der Waals surface area contributed by atoms with Crippen LogP contribution in [-0.2, 0) is 20.9 Å². The van der Waals surface area contributed by atoms with Gasteiger partial charge in [0, 0.05) is 0 Å². The van der Waals surface area contributed by atoms with Gasteiger partial charge >= 0.3 is 11.9 Å². The Labute approximate surface area is 116 Å². The molecule has 1 saturated carbocycles. The lowest BCUT2D eigenvalue weighted by Crippen LogP contribution is -2.39. The molecule has 0 amide bonds. The normalized spacial score (nSPS) is 25.9. The van der Waals surface area contributed by atoms with Gasteiger partial charge in [0.1, 0.15) is 6.61 Å². The Hall–Kier alpha value is -1.91. The molecular weight excluding hydrogens is 263 g/mol. The summed E-state index contributed by atoms with van der Waals surface area (Å²) in [6.07, 6.45) is 0.174. The van der Waals surface area contributed by atoms with Crippen molar-refractivity contribution in [3.63, 3.8) is 0 Å². The highest BCUT2D eigenvalue weighted by atomic mass is 19.1. The van der Waals surface area contributed by atoms with Crippen LogP contribution in [0.25, 0.3) is 0 Å². The first kappa shape index (κ1) is 14.5. The van der Waals surface area contributed by atoms with Crippen LogP contribution in [0.15, 0.2) is 30.3 Å². The predicted molar refractivity (Wildman–Crippen MR) is 69.7 cm³/mol. The minimum absolute atomic E-state index is 0.132. The fourth-order valence-corrected chi connectivity index (χ4v) is 2.37. The van der Waals surface area contributed by atoms with Crippen molar-refractivity contribution in [3.8, 4) is 0 Å². The molecule has 1 aromatic rings. The summed E-state index contributed by atoms with van der Waals surface area (Å²) in [5.74, 6) is -2.21. The zero-order valence-corrected chi connectivity index (χ0v) is 11.0. The van der Waals surface area contributed by atoms with Crippen LogP contribution < -0.4 is 0 Å². The van der Waals surface area contributed by atoms with Crippen molar-refractivity contribution < 1.29 is 23.8 Å². The number of hydrogen-bond acceptors (Lipinski definition) is 3. The second kappa shape index (κ2) is 6.03. The summed E-state index contributed by atoms with van der Waals surface area (Å²) >= 11 is 0. The van der Waals surface area contributed by atoms with Gasteiger partial charge in [0.15, 0.2) is 0 Å². The monoisotopic (exact) mass is 280 g/mol. The molecule has 0 atom stereocenters. The summed E-state index contributed by atoms with van der Waals surface area (Å²) in [5.41, 5.74) is -1.29. The molecule has 0 saturated heterocycles. The molecule has 0 aliphatic heterocycles. The van der Waals surface area contributed by atoms with Crippen LogP contribution >= 0.6 is 0 Å². The molecule has 1 N–H and O–H groups in total. The first-order chi connectivity index (χ1) is 9.51. The summed E-state index contributed by atoms with van der Waals surface area (Å²) < 4.78 is 19.0. The third-order valence-electron chi connectivity index (χ3n) is 3.72. The second-order valence-electron chi connectivity index (χ2n) is 5.14. The smallest absolute Gasteiger partial charge is 0.341 e. The molecule has 1 aliphatic rings. The van der Waals surface area contributed by atoms with Gasteiger partial charge in [-0.05, 0) is 31.2 Å². The Morgan fingerprint density at radius 3 is 2.40 bits per heavy atom. The van der Waals surface area contributed by atoms with E-state index in [4.69, 9.17) is 9.84 Å². The molecule has 0 bridgehead atoms. The molecular formula is C15H17FO4. The molecule has 1 aliphatic carbocycles. The highest BCUT2D eigenvalue weighted by Crippen LogP contribution is 2.36. The lowest BCUT2D eigenvalue weighted by Gasteiger charge is -2.29. The lowest BCUT2D eigenvalue weighted by atomic mass is 9.80. The number of aliphatic carboxylic acids is 1. The van der Waals surface area contributed by atoms with Crippen molar-refractivity contribution in [3.05, 3.63) is 35.9 Å². The molecule has 2 rings (SSSR count). The number of carbonyl (C=O) groups excluding carboxylic acids is 1. The SMILES string of the molecule is O=C(OCc1ccccc1)C1CCC(F)(C(=O)O)CC1. The van der Waals surface area contributed by atoms with Gasteiger partial charge < -0.3 is 9.84 Å². The van der Waals surface area contributed by atoms with Crippen LogP contribution in [0, 0.1) is 5.92 Å². The van der Waals surface area contributed by atoms with Gasteiger partial charge in [0.05, 0.1) is 5.92 Å². The minimum atomic E-state index is -2.18. The molecule has 0 unspecified atom stereocenters. The van der Waals surface area contributed by atoms with Gasteiger partial charge in [-0.2, -0.15) is 0 Å². The van der Waals surface area contributed by atoms with E-state index in [0.29, 0.717) is 0 Å². The van der Waals surface area contributed by atoms with Crippen molar-refractivity contribution in [1.29, 1.82) is 0 Å². The Balaban J connectivity index is 1.82. The Bertz CT molecular complexity index is 478. The van der Waals surface area contributed by atoms with Gasteiger partial charge in [0.25, 0.3) is 0 Å². The topological polar surface area (TPSA) is 63.6 Å². The van der Waals surface area contributed by atoms with E-state index in [1.165, 1.54) is 0 Å². The van der Waals surface area contributed by atoms with E-state index in [0.717, 1.165) is 5.56 Å². The van der Waals surface area contributed by atoms with E-state index >= 15 is 0 Å². The van der Waals surface area contributed by atoms with Crippen LogP contribution in [0.5, 0.6) is 0 Å². The molecule has 5 heteroatoms. The molecule has 20 heavy (non-hydrogen) atoms. The van der Waals surface area contributed by atoms with E-state index in [1.54, 1.807) is 0 Å². The van der Waals surface area contributed by atoms with E-state index in [2.05, 4.69) is 0 Å². The Morgan fingerprint density at radius 1 is 1.25 bits per heavy atom. The van der Waals surface area contributed by atoms with Crippen LogP contribution in [-0.4, -0.2) is 22.7 Å². The fraction of sp³-hybridized carbons (Fsp3) is 0.467. The second-order valence-corrected chi connectivity index (χ2v) is 5.14. The maximum atomic E-state index is 13.8. The van der Waals surface area contributed by atoms with Crippen molar-refractivity contribution >= 4 is 11.9 Å². The van der Waals surface area contributed by atoms with Crippen LogP contribution in [0.4, 0.5) is 4.39 Å². The molecule has 0 spiro atoms. The van der Waals surface area contributed by atoms with Crippen molar-refractivity contribution in [2.75, 3.05) is 0 Å². The van der Waals surface area contributed by atoms with Gasteiger partial charge in [0.2, 0.25) is 5.67 Å². The van der Waals surface area contributed by atoms with Gasteiger partial charge in [-0.3, -0.25) is 4.79 Å². The van der Waals surface area contributed by atoms with Crippen molar-refractivity contribution in [2.24, 2.45) is 5.92 Å². The Morgan fingerprint density at radius 2 is 1.85 bits per heavy atom. The summed E-state index contributed by atoms with van der Waals surface area (Å²) in [6, 6.07) is 9.29. The first-order valence-corrected chi connectivity index (χ1v) is 6.64. The zero-order valence-electron chi connectivity index (χ0n) is 11.0. The average Bonchev–Trinajstić information content (AvgIpc) is 2.46. The number of carbonyl (C=O) groups is 2. The quantitative estimate of drug-likeness (QED) is 0.861. The largest absolute Gasteiger partial charge is 0.479 e. The molecule has 0 aromatic heterocycles. The van der Waals surface area contributed by atoms with E-state index in [-0.39, 0.29) is 38.3 Å². The predicted octanol–water partition coefficient (Wildman–Crippen LogP) is 2.71. The summed E-state index contributed by atoms with van der Waals surface area (Å²) in [6.45, 7) is 0.190. The summed E-state index contributed by atoms with van der Waals surface area (Å²) in [5, 5.41) is 8.78. The molecule has 0 radical (unpaired) electrons. The molecule has 108 valence electrons. The van der Waals surface area contributed by atoms with E-state index in [1.807, 2.05) is 30.3 Å². The highest BCUT2D eigenvalue weighted by molar-refractivity contribution is 5.78. The third-order valence-corrected chi connectivity index (χ3v) is 3.72. The summed E-state index contributed by atoms with van der Waals surface area (Å²) in [7, 11) is 0. The van der Waals surface area contributed by atoms with E-state index < -0.39 is 17.6 Å².